The highest BCUT2D eigenvalue weighted by Gasteiger charge is 2.16. The zero-order chi connectivity index (χ0) is 16.1. The Morgan fingerprint density at radius 3 is 2.91 bits per heavy atom. The quantitative estimate of drug-likeness (QED) is 0.827. The minimum Gasteiger partial charge on any atom is -0.480 e. The summed E-state index contributed by atoms with van der Waals surface area (Å²) in [5, 5.41) is 18.7. The number of carboxylic acid groups (broad SMARTS) is 1. The van der Waals surface area contributed by atoms with Crippen LogP contribution in [-0.2, 0) is 22.7 Å². The molecule has 8 heteroatoms. The van der Waals surface area contributed by atoms with E-state index in [0.717, 1.165) is 0 Å². The average molecular weight is 306 g/mol. The molecule has 0 saturated heterocycles. The maximum Gasteiger partial charge on any atom is 0.325 e. The number of benzene rings is 1. The average Bonchev–Trinajstić information content (AvgIpc) is 2.90. The predicted molar refractivity (Wildman–Crippen MR) is 74.3 cm³/mol. The summed E-state index contributed by atoms with van der Waals surface area (Å²) in [6, 6.07) is 5.85. The Hall–Kier alpha value is -2.77. The summed E-state index contributed by atoms with van der Waals surface area (Å²) in [4.78, 5) is 22.6. The lowest BCUT2D eigenvalue weighted by Gasteiger charge is -2.11. The van der Waals surface area contributed by atoms with E-state index in [1.54, 1.807) is 19.1 Å². The van der Waals surface area contributed by atoms with Crippen LogP contribution in [0.25, 0.3) is 0 Å². The van der Waals surface area contributed by atoms with Gasteiger partial charge in [-0.3, -0.25) is 9.59 Å². The Morgan fingerprint density at radius 2 is 2.23 bits per heavy atom. The highest BCUT2D eigenvalue weighted by atomic mass is 19.1. The predicted octanol–water partition coefficient (Wildman–Crippen LogP) is 0.922. The van der Waals surface area contributed by atoms with Gasteiger partial charge in [-0.05, 0) is 24.6 Å². The van der Waals surface area contributed by atoms with Gasteiger partial charge >= 0.3 is 5.97 Å². The van der Waals surface area contributed by atoms with Gasteiger partial charge in [0, 0.05) is 0 Å². The number of aromatic nitrogens is 3. The van der Waals surface area contributed by atoms with Crippen molar-refractivity contribution in [3.63, 3.8) is 0 Å². The topological polar surface area (TPSA) is 97.1 Å². The van der Waals surface area contributed by atoms with Crippen LogP contribution in [0.3, 0.4) is 0 Å². The first kappa shape index (κ1) is 15.6. The molecule has 2 N–H and O–H groups in total. The Balaban J connectivity index is 1.92. The fraction of sp³-hybridized carbons (Fsp3) is 0.286. The van der Waals surface area contributed by atoms with Crippen molar-refractivity contribution in [2.24, 2.45) is 0 Å². The van der Waals surface area contributed by atoms with Crippen molar-refractivity contribution in [1.29, 1.82) is 0 Å². The fourth-order valence-electron chi connectivity index (χ4n) is 1.89. The van der Waals surface area contributed by atoms with Gasteiger partial charge in [0.1, 0.15) is 18.1 Å². The Kier molecular flexibility index (Phi) is 4.82. The zero-order valence-electron chi connectivity index (χ0n) is 11.9. The molecule has 0 radical (unpaired) electrons. The van der Waals surface area contributed by atoms with Crippen LogP contribution in [0.2, 0.25) is 0 Å². The second-order valence-corrected chi connectivity index (χ2v) is 4.80. The molecule has 1 amide bonds. The monoisotopic (exact) mass is 306 g/mol. The van der Waals surface area contributed by atoms with Crippen LogP contribution in [0.5, 0.6) is 0 Å². The first-order chi connectivity index (χ1) is 10.5. The third-order valence-corrected chi connectivity index (χ3v) is 3.07. The van der Waals surface area contributed by atoms with Gasteiger partial charge in [-0.1, -0.05) is 17.3 Å². The lowest BCUT2D eigenvalue weighted by atomic mass is 10.0. The molecular weight excluding hydrogens is 291 g/mol. The van der Waals surface area contributed by atoms with Crippen LogP contribution in [-0.4, -0.2) is 32.0 Å². The van der Waals surface area contributed by atoms with Crippen LogP contribution in [0.15, 0.2) is 30.5 Å². The summed E-state index contributed by atoms with van der Waals surface area (Å²) in [7, 11) is 0. The van der Waals surface area contributed by atoms with Crippen molar-refractivity contribution in [2.75, 3.05) is 0 Å². The highest BCUT2D eigenvalue weighted by Crippen LogP contribution is 2.16. The number of amides is 1. The number of nitrogens with zero attached hydrogens (tertiary/aromatic N) is 3. The van der Waals surface area contributed by atoms with Crippen molar-refractivity contribution in [3.8, 4) is 0 Å². The molecule has 1 aromatic carbocycles. The zero-order valence-corrected chi connectivity index (χ0v) is 11.9. The van der Waals surface area contributed by atoms with Gasteiger partial charge in [0.15, 0.2) is 0 Å². The summed E-state index contributed by atoms with van der Waals surface area (Å²) < 4.78 is 14.3. The number of carbonyl (C=O) groups excluding carboxylic acids is 1. The molecule has 0 aliphatic rings. The lowest BCUT2D eigenvalue weighted by Crippen LogP contribution is -2.27. The van der Waals surface area contributed by atoms with E-state index >= 15 is 0 Å². The number of carboxylic acids is 1. The number of carbonyl (C=O) groups is 2. The third kappa shape index (κ3) is 4.11. The van der Waals surface area contributed by atoms with Crippen molar-refractivity contribution >= 4 is 11.9 Å². The number of halogens is 1. The minimum absolute atomic E-state index is 0.123. The van der Waals surface area contributed by atoms with Crippen molar-refractivity contribution in [1.82, 2.24) is 20.3 Å². The molecule has 0 spiro atoms. The third-order valence-electron chi connectivity index (χ3n) is 3.07. The van der Waals surface area contributed by atoms with Gasteiger partial charge in [0.05, 0.1) is 18.7 Å². The number of hydrogen-bond donors (Lipinski definition) is 2. The first-order valence-electron chi connectivity index (χ1n) is 6.59. The smallest absolute Gasteiger partial charge is 0.325 e. The summed E-state index contributed by atoms with van der Waals surface area (Å²) in [6.07, 6.45) is 1.45. The van der Waals surface area contributed by atoms with E-state index < -0.39 is 17.7 Å². The molecule has 1 unspecified atom stereocenters. The van der Waals surface area contributed by atoms with Gasteiger partial charge < -0.3 is 10.4 Å². The molecule has 116 valence electrons. The molecule has 0 bridgehead atoms. The largest absolute Gasteiger partial charge is 0.480 e. The van der Waals surface area contributed by atoms with Gasteiger partial charge in [0.25, 0.3) is 0 Å². The van der Waals surface area contributed by atoms with Crippen LogP contribution in [0.4, 0.5) is 4.39 Å². The van der Waals surface area contributed by atoms with Crippen molar-refractivity contribution in [2.45, 2.75) is 25.9 Å². The second kappa shape index (κ2) is 6.79. The minimum atomic E-state index is -1.03. The van der Waals surface area contributed by atoms with E-state index in [1.807, 2.05) is 0 Å². The number of aliphatic carboxylic acids is 1. The maximum atomic E-state index is 13.1. The van der Waals surface area contributed by atoms with Crippen LogP contribution in [0.1, 0.15) is 24.1 Å². The second-order valence-electron chi connectivity index (χ2n) is 4.80. The molecule has 0 aliphatic heterocycles. The van der Waals surface area contributed by atoms with E-state index in [2.05, 4.69) is 15.6 Å². The van der Waals surface area contributed by atoms with Crippen LogP contribution >= 0.6 is 0 Å². The van der Waals surface area contributed by atoms with E-state index in [0.29, 0.717) is 11.3 Å². The summed E-state index contributed by atoms with van der Waals surface area (Å²) in [5.41, 5.74) is 1.02. The highest BCUT2D eigenvalue weighted by molar-refractivity contribution is 5.83. The molecule has 1 heterocycles. The van der Waals surface area contributed by atoms with Crippen molar-refractivity contribution in [3.05, 3.63) is 47.5 Å². The molecule has 2 aromatic rings. The van der Waals surface area contributed by atoms with Gasteiger partial charge in [-0.25, -0.2) is 9.07 Å². The summed E-state index contributed by atoms with van der Waals surface area (Å²) in [6.45, 7) is 1.50. The normalized spacial score (nSPS) is 11.9. The number of nitrogens with one attached hydrogen (secondary N) is 1. The van der Waals surface area contributed by atoms with E-state index in [9.17, 15) is 14.0 Å². The number of hydrogen-bond acceptors (Lipinski definition) is 4. The maximum absolute atomic E-state index is 13.1. The Bertz CT molecular complexity index is 686. The SMILES string of the molecule is CC(C(=O)NCc1cn(CC(=O)O)nn1)c1cccc(F)c1. The summed E-state index contributed by atoms with van der Waals surface area (Å²) >= 11 is 0. The molecule has 2 rings (SSSR count). The standard InChI is InChI=1S/C14H15FN4O3/c1-9(10-3-2-4-11(15)5-10)14(22)16-6-12-7-19(18-17-12)8-13(20)21/h2-5,7,9H,6,8H2,1H3,(H,16,22)(H,20,21). The first-order valence-corrected chi connectivity index (χ1v) is 6.59. The van der Waals surface area contributed by atoms with Crippen LogP contribution < -0.4 is 5.32 Å². The molecule has 0 saturated carbocycles. The summed E-state index contributed by atoms with van der Waals surface area (Å²) in [5.74, 6) is -2.21. The molecular formula is C14H15FN4O3. The van der Waals surface area contributed by atoms with Gasteiger partial charge in [-0.2, -0.15) is 0 Å². The molecule has 7 nitrogen and oxygen atoms in total. The van der Waals surface area contributed by atoms with Crippen molar-refractivity contribution < 1.29 is 19.1 Å². The molecule has 1 atom stereocenters. The molecule has 0 fully saturated rings. The Labute approximate surface area is 125 Å². The fourth-order valence-corrected chi connectivity index (χ4v) is 1.89. The van der Waals surface area contributed by atoms with Crippen LogP contribution in [0, 0.1) is 5.82 Å². The Morgan fingerprint density at radius 1 is 1.45 bits per heavy atom. The van der Waals surface area contributed by atoms with Gasteiger partial charge in [-0.15, -0.1) is 5.10 Å². The number of rotatable bonds is 6. The van der Waals surface area contributed by atoms with Gasteiger partial charge in [0.2, 0.25) is 5.91 Å². The lowest BCUT2D eigenvalue weighted by molar-refractivity contribution is -0.138. The molecule has 1 aromatic heterocycles. The van der Waals surface area contributed by atoms with E-state index in [1.165, 1.54) is 23.0 Å². The van der Waals surface area contributed by atoms with E-state index in [-0.39, 0.29) is 19.0 Å². The molecule has 0 aliphatic carbocycles. The molecule has 22 heavy (non-hydrogen) atoms. The van der Waals surface area contributed by atoms with E-state index in [4.69, 9.17) is 5.11 Å².